The molecule has 0 aliphatic rings. The van der Waals surface area contributed by atoms with E-state index in [0.29, 0.717) is 18.7 Å². The van der Waals surface area contributed by atoms with Crippen molar-refractivity contribution in [1.29, 1.82) is 5.26 Å². The summed E-state index contributed by atoms with van der Waals surface area (Å²) in [6, 6.07) is 21.6. The van der Waals surface area contributed by atoms with Crippen molar-refractivity contribution in [3.05, 3.63) is 83.8 Å². The van der Waals surface area contributed by atoms with Gasteiger partial charge in [-0.1, -0.05) is 24.3 Å². The van der Waals surface area contributed by atoms with Crippen molar-refractivity contribution in [3.63, 3.8) is 0 Å². The molecular weight excluding hydrogens is 312 g/mol. The molecule has 0 unspecified atom stereocenters. The first kappa shape index (κ1) is 15.0. The number of benzene rings is 2. The van der Waals surface area contributed by atoms with E-state index in [-0.39, 0.29) is 0 Å². The number of para-hydroxylation sites is 2. The smallest absolute Gasteiger partial charge is 0.204 e. The van der Waals surface area contributed by atoms with E-state index in [0.717, 1.165) is 28.3 Å². The number of nitrogens with zero attached hydrogens (tertiary/aromatic N) is 3. The topological polar surface area (TPSA) is 66.8 Å². The van der Waals surface area contributed by atoms with E-state index < -0.39 is 0 Å². The minimum absolute atomic E-state index is 0.573. The molecule has 0 fully saturated rings. The Balaban J connectivity index is 1.67. The van der Waals surface area contributed by atoms with Crippen LogP contribution < -0.4 is 5.32 Å². The zero-order valence-electron chi connectivity index (χ0n) is 13.5. The molecule has 0 radical (unpaired) electrons. The third-order valence-corrected chi connectivity index (χ3v) is 4.08. The van der Waals surface area contributed by atoms with Gasteiger partial charge in [-0.2, -0.15) is 5.26 Å². The molecule has 2 heterocycles. The lowest BCUT2D eigenvalue weighted by Gasteiger charge is -2.10. The lowest BCUT2D eigenvalue weighted by atomic mass is 10.1. The van der Waals surface area contributed by atoms with Crippen molar-refractivity contribution in [1.82, 2.24) is 9.55 Å². The lowest BCUT2D eigenvalue weighted by Crippen LogP contribution is -2.08. The lowest BCUT2D eigenvalue weighted by molar-refractivity contribution is 0.517. The minimum Gasteiger partial charge on any atom is -0.467 e. The van der Waals surface area contributed by atoms with E-state index in [9.17, 15) is 0 Å². The number of aromatic nitrogens is 2. The van der Waals surface area contributed by atoms with Gasteiger partial charge in [0.05, 0.1) is 42.0 Å². The van der Waals surface area contributed by atoms with Gasteiger partial charge in [0.15, 0.2) is 0 Å². The molecule has 2 aromatic carbocycles. The van der Waals surface area contributed by atoms with Gasteiger partial charge in [0.1, 0.15) is 5.76 Å². The zero-order chi connectivity index (χ0) is 17.1. The molecule has 5 heteroatoms. The number of nitrogens with one attached hydrogen (secondary N) is 1. The van der Waals surface area contributed by atoms with E-state index in [1.54, 1.807) is 6.26 Å². The van der Waals surface area contributed by atoms with Gasteiger partial charge in [-0.05, 0) is 42.0 Å². The van der Waals surface area contributed by atoms with Gasteiger partial charge < -0.3 is 14.3 Å². The molecular formula is C20H16N4O. The number of rotatable bonds is 5. The number of hydrogen-bond donors (Lipinski definition) is 1. The van der Waals surface area contributed by atoms with Crippen LogP contribution >= 0.6 is 0 Å². The maximum absolute atomic E-state index is 8.95. The second-order valence-electron chi connectivity index (χ2n) is 5.75. The highest BCUT2D eigenvalue weighted by molar-refractivity contribution is 5.78. The van der Waals surface area contributed by atoms with Gasteiger partial charge in [0.2, 0.25) is 5.95 Å². The highest BCUT2D eigenvalue weighted by Crippen LogP contribution is 2.22. The van der Waals surface area contributed by atoms with Crippen LogP contribution in [-0.4, -0.2) is 9.55 Å². The molecule has 122 valence electrons. The largest absolute Gasteiger partial charge is 0.467 e. The van der Waals surface area contributed by atoms with E-state index in [1.807, 2.05) is 54.6 Å². The highest BCUT2D eigenvalue weighted by Gasteiger charge is 2.11. The molecule has 0 saturated carbocycles. The van der Waals surface area contributed by atoms with Gasteiger partial charge in [0.25, 0.3) is 0 Å². The summed E-state index contributed by atoms with van der Waals surface area (Å²) in [5.41, 5.74) is 3.78. The van der Waals surface area contributed by atoms with Crippen LogP contribution in [0, 0.1) is 11.3 Å². The molecule has 1 N–H and O–H groups in total. The summed E-state index contributed by atoms with van der Waals surface area (Å²) in [5.74, 6) is 1.65. The van der Waals surface area contributed by atoms with E-state index in [1.165, 1.54) is 0 Å². The van der Waals surface area contributed by atoms with Crippen LogP contribution in [0.2, 0.25) is 0 Å². The number of imidazole rings is 1. The van der Waals surface area contributed by atoms with Crippen LogP contribution in [0.5, 0.6) is 0 Å². The first-order valence-corrected chi connectivity index (χ1v) is 8.04. The van der Waals surface area contributed by atoms with Crippen molar-refractivity contribution in [2.45, 2.75) is 13.1 Å². The third kappa shape index (κ3) is 3.10. The predicted octanol–water partition coefficient (Wildman–Crippen LogP) is 4.16. The third-order valence-electron chi connectivity index (χ3n) is 4.08. The SMILES string of the molecule is N#Cc1ccc(Cn2c(NCc3ccco3)nc3ccccc32)cc1. The summed E-state index contributed by atoms with van der Waals surface area (Å²) in [6.45, 7) is 1.25. The molecule has 0 spiro atoms. The number of fused-ring (bicyclic) bond motifs is 1. The number of nitriles is 1. The maximum Gasteiger partial charge on any atom is 0.204 e. The average molecular weight is 328 g/mol. The van der Waals surface area contributed by atoms with E-state index >= 15 is 0 Å². The van der Waals surface area contributed by atoms with Gasteiger partial charge >= 0.3 is 0 Å². The standard InChI is InChI=1S/C20H16N4O/c21-12-15-7-9-16(10-8-15)14-24-19-6-2-1-5-18(19)23-20(24)22-13-17-4-3-11-25-17/h1-11H,13-14H2,(H,22,23). The summed E-state index contributed by atoms with van der Waals surface area (Å²) in [5, 5.41) is 12.3. The summed E-state index contributed by atoms with van der Waals surface area (Å²) >= 11 is 0. The minimum atomic E-state index is 0.573. The summed E-state index contributed by atoms with van der Waals surface area (Å²) < 4.78 is 7.52. The van der Waals surface area contributed by atoms with Crippen molar-refractivity contribution in [2.24, 2.45) is 0 Å². The fourth-order valence-corrected chi connectivity index (χ4v) is 2.82. The van der Waals surface area contributed by atoms with Crippen LogP contribution in [0.3, 0.4) is 0 Å². The predicted molar refractivity (Wildman–Crippen MR) is 96.0 cm³/mol. The molecule has 4 rings (SSSR count). The Labute approximate surface area is 145 Å². The zero-order valence-corrected chi connectivity index (χ0v) is 13.5. The van der Waals surface area contributed by atoms with Crippen LogP contribution in [0.1, 0.15) is 16.9 Å². The van der Waals surface area contributed by atoms with Crippen LogP contribution in [-0.2, 0) is 13.1 Å². The maximum atomic E-state index is 8.95. The molecule has 2 aromatic heterocycles. The molecule has 0 bridgehead atoms. The molecule has 0 atom stereocenters. The highest BCUT2D eigenvalue weighted by atomic mass is 16.3. The summed E-state index contributed by atoms with van der Waals surface area (Å²) in [7, 11) is 0. The molecule has 0 saturated heterocycles. The fourth-order valence-electron chi connectivity index (χ4n) is 2.82. The van der Waals surface area contributed by atoms with Crippen LogP contribution in [0.4, 0.5) is 5.95 Å². The van der Waals surface area contributed by atoms with Gasteiger partial charge in [-0.25, -0.2) is 4.98 Å². The van der Waals surface area contributed by atoms with E-state index in [2.05, 4.69) is 22.0 Å². The number of anilines is 1. The quantitative estimate of drug-likeness (QED) is 0.597. The van der Waals surface area contributed by atoms with Gasteiger partial charge in [-0.15, -0.1) is 0 Å². The number of furan rings is 1. The van der Waals surface area contributed by atoms with Crippen LogP contribution in [0.15, 0.2) is 71.3 Å². The van der Waals surface area contributed by atoms with Crippen molar-refractivity contribution < 1.29 is 4.42 Å². The molecule has 5 nitrogen and oxygen atoms in total. The fraction of sp³-hybridized carbons (Fsp3) is 0.100. The van der Waals surface area contributed by atoms with Crippen molar-refractivity contribution >= 4 is 17.0 Å². The molecule has 0 aliphatic carbocycles. The average Bonchev–Trinajstić information content (AvgIpc) is 3.29. The Morgan fingerprint density at radius 3 is 2.64 bits per heavy atom. The van der Waals surface area contributed by atoms with Crippen molar-refractivity contribution in [3.8, 4) is 6.07 Å². The summed E-state index contributed by atoms with van der Waals surface area (Å²) in [6.07, 6.45) is 1.66. The molecule has 4 aromatic rings. The summed E-state index contributed by atoms with van der Waals surface area (Å²) in [4.78, 5) is 4.70. The molecule has 0 aliphatic heterocycles. The van der Waals surface area contributed by atoms with Crippen LogP contribution in [0.25, 0.3) is 11.0 Å². The van der Waals surface area contributed by atoms with Gasteiger partial charge in [-0.3, -0.25) is 0 Å². The van der Waals surface area contributed by atoms with E-state index in [4.69, 9.17) is 14.7 Å². The second kappa shape index (κ2) is 6.54. The number of hydrogen-bond acceptors (Lipinski definition) is 4. The Bertz CT molecular complexity index is 1020. The Morgan fingerprint density at radius 1 is 1.04 bits per heavy atom. The Hall–Kier alpha value is -3.52. The first-order chi connectivity index (χ1) is 12.3. The molecule has 25 heavy (non-hydrogen) atoms. The Kier molecular flexibility index (Phi) is 3.93. The Morgan fingerprint density at radius 2 is 1.88 bits per heavy atom. The van der Waals surface area contributed by atoms with Crippen molar-refractivity contribution in [2.75, 3.05) is 5.32 Å². The normalized spacial score (nSPS) is 10.7. The van der Waals surface area contributed by atoms with Gasteiger partial charge in [0, 0.05) is 0 Å². The second-order valence-corrected chi connectivity index (χ2v) is 5.75. The first-order valence-electron chi connectivity index (χ1n) is 8.04. The monoisotopic (exact) mass is 328 g/mol. The molecule has 0 amide bonds.